The number of carbonyl (C=O) groups is 1. The van der Waals surface area contributed by atoms with Crippen molar-refractivity contribution in [2.24, 2.45) is 5.92 Å². The highest BCUT2D eigenvalue weighted by Gasteiger charge is 2.41. The minimum atomic E-state index is -0.0819. The van der Waals surface area contributed by atoms with Crippen molar-refractivity contribution in [1.29, 1.82) is 0 Å². The Kier molecular flexibility index (Phi) is 8.28. The van der Waals surface area contributed by atoms with Gasteiger partial charge in [0.05, 0.1) is 45.3 Å². The van der Waals surface area contributed by atoms with Gasteiger partial charge < -0.3 is 24.4 Å². The molecule has 1 amide bonds. The van der Waals surface area contributed by atoms with Crippen molar-refractivity contribution in [2.75, 3.05) is 44.4 Å². The number of fused-ring (bicyclic) bond motifs is 1. The van der Waals surface area contributed by atoms with Crippen molar-refractivity contribution in [1.82, 2.24) is 16.2 Å². The van der Waals surface area contributed by atoms with Gasteiger partial charge in [-0.1, -0.05) is 30.3 Å². The molecule has 2 heterocycles. The molecule has 1 aliphatic carbocycles. The van der Waals surface area contributed by atoms with Crippen LogP contribution in [0.5, 0.6) is 0 Å². The SMILES string of the molecule is O=C(NC1NNC2CC(OCCOCc3ccccc3)CCC21)c1ccc(N2CCOCC2)cc1. The smallest absolute Gasteiger partial charge is 0.252 e. The quantitative estimate of drug-likeness (QED) is 0.476. The van der Waals surface area contributed by atoms with E-state index in [2.05, 4.69) is 33.2 Å². The summed E-state index contributed by atoms with van der Waals surface area (Å²) in [7, 11) is 0. The second-order valence-electron chi connectivity index (χ2n) is 9.50. The van der Waals surface area contributed by atoms with Crippen LogP contribution in [0.25, 0.3) is 0 Å². The topological polar surface area (TPSA) is 84.1 Å². The third-order valence-corrected chi connectivity index (χ3v) is 7.19. The number of carbonyl (C=O) groups excluding carboxylic acids is 1. The van der Waals surface area contributed by atoms with Gasteiger partial charge in [0, 0.05) is 36.3 Å². The summed E-state index contributed by atoms with van der Waals surface area (Å²) in [6.45, 7) is 5.08. The number of hydrogen-bond donors (Lipinski definition) is 3. The normalized spacial score (nSPS) is 26.3. The number of rotatable bonds is 9. The second kappa shape index (κ2) is 12.0. The number of hydrogen-bond acceptors (Lipinski definition) is 7. The van der Waals surface area contributed by atoms with Gasteiger partial charge in [0.25, 0.3) is 5.91 Å². The van der Waals surface area contributed by atoms with Gasteiger partial charge in [-0.2, -0.15) is 0 Å². The number of morpholine rings is 1. The Morgan fingerprint density at radius 1 is 1.00 bits per heavy atom. The van der Waals surface area contributed by atoms with E-state index < -0.39 is 0 Å². The predicted molar refractivity (Wildman–Crippen MR) is 134 cm³/mol. The van der Waals surface area contributed by atoms with E-state index in [1.807, 2.05) is 42.5 Å². The molecule has 0 aromatic heterocycles. The second-order valence-corrected chi connectivity index (χ2v) is 9.50. The van der Waals surface area contributed by atoms with Crippen LogP contribution in [0, 0.1) is 5.92 Å². The van der Waals surface area contributed by atoms with Gasteiger partial charge in [-0.25, -0.2) is 5.43 Å². The average molecular weight is 481 g/mol. The Morgan fingerprint density at radius 2 is 1.80 bits per heavy atom. The van der Waals surface area contributed by atoms with Crippen molar-refractivity contribution >= 4 is 11.6 Å². The maximum Gasteiger partial charge on any atom is 0.252 e. The van der Waals surface area contributed by atoms with Gasteiger partial charge in [-0.05, 0) is 49.1 Å². The van der Waals surface area contributed by atoms with Crippen molar-refractivity contribution < 1.29 is 19.0 Å². The third-order valence-electron chi connectivity index (χ3n) is 7.19. The van der Waals surface area contributed by atoms with Gasteiger partial charge in [-0.15, -0.1) is 0 Å². The first-order valence-corrected chi connectivity index (χ1v) is 12.7. The van der Waals surface area contributed by atoms with Gasteiger partial charge in [0.1, 0.15) is 0 Å². The zero-order valence-corrected chi connectivity index (χ0v) is 20.2. The highest BCUT2D eigenvalue weighted by Crippen LogP contribution is 2.31. The van der Waals surface area contributed by atoms with E-state index in [1.165, 1.54) is 5.56 Å². The monoisotopic (exact) mass is 480 g/mol. The molecule has 0 bridgehead atoms. The molecule has 4 unspecified atom stereocenters. The Labute approximate surface area is 207 Å². The summed E-state index contributed by atoms with van der Waals surface area (Å²) >= 11 is 0. The molecule has 188 valence electrons. The number of nitrogens with zero attached hydrogens (tertiary/aromatic N) is 1. The zero-order chi connectivity index (χ0) is 23.9. The Bertz CT molecular complexity index is 936. The summed E-state index contributed by atoms with van der Waals surface area (Å²) < 4.78 is 17.2. The first-order valence-electron chi connectivity index (χ1n) is 12.7. The molecule has 2 saturated heterocycles. The maximum absolute atomic E-state index is 12.9. The number of amides is 1. The Balaban J connectivity index is 1.03. The summed E-state index contributed by atoms with van der Waals surface area (Å²) in [6, 6.07) is 18.3. The fourth-order valence-electron chi connectivity index (χ4n) is 5.23. The molecule has 2 aliphatic heterocycles. The number of anilines is 1. The van der Waals surface area contributed by atoms with Crippen molar-refractivity contribution in [3.05, 3.63) is 65.7 Å². The number of hydrazine groups is 1. The van der Waals surface area contributed by atoms with E-state index in [0.29, 0.717) is 31.3 Å². The zero-order valence-electron chi connectivity index (χ0n) is 20.2. The summed E-state index contributed by atoms with van der Waals surface area (Å²) in [5.41, 5.74) is 9.66. The molecule has 2 aromatic carbocycles. The van der Waals surface area contributed by atoms with Crippen molar-refractivity contribution in [3.8, 4) is 0 Å². The van der Waals surface area contributed by atoms with Crippen molar-refractivity contribution in [2.45, 2.75) is 44.2 Å². The third kappa shape index (κ3) is 6.39. The largest absolute Gasteiger partial charge is 0.378 e. The molecule has 1 saturated carbocycles. The molecule has 3 N–H and O–H groups in total. The number of ether oxygens (including phenoxy) is 3. The molecule has 4 atom stereocenters. The predicted octanol–water partition coefficient (Wildman–Crippen LogP) is 2.46. The number of benzene rings is 2. The highest BCUT2D eigenvalue weighted by molar-refractivity contribution is 5.94. The van der Waals surface area contributed by atoms with Crippen LogP contribution in [-0.2, 0) is 20.8 Å². The molecule has 0 radical (unpaired) electrons. The fourth-order valence-corrected chi connectivity index (χ4v) is 5.23. The van der Waals surface area contributed by atoms with E-state index in [1.54, 1.807) is 0 Å². The van der Waals surface area contributed by atoms with Gasteiger partial charge in [-0.3, -0.25) is 10.2 Å². The lowest BCUT2D eigenvalue weighted by atomic mass is 9.82. The Morgan fingerprint density at radius 3 is 2.60 bits per heavy atom. The minimum absolute atomic E-state index is 0.0487. The van der Waals surface area contributed by atoms with E-state index in [-0.39, 0.29) is 24.2 Å². The average Bonchev–Trinajstić information content (AvgIpc) is 3.31. The highest BCUT2D eigenvalue weighted by atomic mass is 16.5. The molecular weight excluding hydrogens is 444 g/mol. The van der Waals surface area contributed by atoms with E-state index in [4.69, 9.17) is 14.2 Å². The van der Waals surface area contributed by atoms with Crippen LogP contribution < -0.4 is 21.1 Å². The molecule has 3 fully saturated rings. The molecule has 35 heavy (non-hydrogen) atoms. The van der Waals surface area contributed by atoms with Crippen LogP contribution in [-0.4, -0.2) is 63.7 Å². The minimum Gasteiger partial charge on any atom is -0.378 e. The molecular formula is C27H36N4O4. The van der Waals surface area contributed by atoms with Crippen molar-refractivity contribution in [3.63, 3.8) is 0 Å². The van der Waals surface area contributed by atoms with Crippen LogP contribution in [0.2, 0.25) is 0 Å². The van der Waals surface area contributed by atoms with E-state index in [9.17, 15) is 4.79 Å². The van der Waals surface area contributed by atoms with Crippen LogP contribution in [0.15, 0.2) is 54.6 Å². The van der Waals surface area contributed by atoms with Crippen LogP contribution in [0.3, 0.4) is 0 Å². The first-order chi connectivity index (χ1) is 17.3. The lowest BCUT2D eigenvalue weighted by Crippen LogP contribution is -2.47. The molecule has 5 rings (SSSR count). The number of nitrogens with one attached hydrogen (secondary N) is 3. The standard InChI is InChI=1S/C27H36N4O4/c32-27(21-6-8-22(9-7-21)31-12-14-33-15-13-31)28-26-24-11-10-23(18-25(24)29-30-26)35-17-16-34-19-20-4-2-1-3-5-20/h1-9,23-26,29-30H,10-19H2,(H,28,32). The first kappa shape index (κ1) is 24.2. The maximum atomic E-state index is 12.9. The molecule has 8 heteroatoms. The van der Waals surface area contributed by atoms with Crippen LogP contribution >= 0.6 is 0 Å². The van der Waals surface area contributed by atoms with E-state index >= 15 is 0 Å². The van der Waals surface area contributed by atoms with Crippen LogP contribution in [0.4, 0.5) is 5.69 Å². The summed E-state index contributed by atoms with van der Waals surface area (Å²) in [6.07, 6.45) is 3.05. The summed E-state index contributed by atoms with van der Waals surface area (Å²) in [5, 5.41) is 3.18. The molecule has 8 nitrogen and oxygen atoms in total. The fraction of sp³-hybridized carbons (Fsp3) is 0.519. The van der Waals surface area contributed by atoms with E-state index in [0.717, 1.165) is 51.3 Å². The molecule has 2 aromatic rings. The Hall–Kier alpha value is -2.49. The molecule has 3 aliphatic rings. The lowest BCUT2D eigenvalue weighted by molar-refractivity contribution is -0.0239. The van der Waals surface area contributed by atoms with Gasteiger partial charge in [0.2, 0.25) is 0 Å². The lowest BCUT2D eigenvalue weighted by Gasteiger charge is -2.33. The van der Waals surface area contributed by atoms with Gasteiger partial charge >= 0.3 is 0 Å². The molecule has 0 spiro atoms. The summed E-state index contributed by atoms with van der Waals surface area (Å²) in [5.74, 6) is 0.299. The van der Waals surface area contributed by atoms with Gasteiger partial charge in [0.15, 0.2) is 0 Å². The van der Waals surface area contributed by atoms with Crippen LogP contribution in [0.1, 0.15) is 35.2 Å². The summed E-state index contributed by atoms with van der Waals surface area (Å²) in [4.78, 5) is 15.2.